The summed E-state index contributed by atoms with van der Waals surface area (Å²) in [5.41, 5.74) is 5.45. The SMILES string of the molecule is Cc1nc2ccc([N+](=O)[O-])cc2n1-c1nc(N)c(F)c(Nc2ccc(C(F)(F)F)cc2)n1. The molecule has 0 aliphatic rings. The van der Waals surface area contributed by atoms with Crippen LogP contribution in [0, 0.1) is 22.9 Å². The number of nitrogens with one attached hydrogen (secondary N) is 1. The van der Waals surface area contributed by atoms with Gasteiger partial charge in [0.1, 0.15) is 5.82 Å². The molecule has 0 radical (unpaired) electrons. The highest BCUT2D eigenvalue weighted by Crippen LogP contribution is 2.31. The molecular formula is C19H13F4N7O2. The zero-order valence-electron chi connectivity index (χ0n) is 16.2. The number of nitrogens with zero attached hydrogens (tertiary/aromatic N) is 5. The number of imidazole rings is 1. The molecule has 4 aromatic rings. The van der Waals surface area contributed by atoms with Gasteiger partial charge in [-0.3, -0.25) is 14.7 Å². The van der Waals surface area contributed by atoms with Crippen LogP contribution in [0.5, 0.6) is 0 Å². The van der Waals surface area contributed by atoms with Gasteiger partial charge in [0.15, 0.2) is 11.6 Å². The van der Waals surface area contributed by atoms with Crippen molar-refractivity contribution in [2.45, 2.75) is 13.1 Å². The Kier molecular flexibility index (Phi) is 4.87. The smallest absolute Gasteiger partial charge is 0.381 e. The summed E-state index contributed by atoms with van der Waals surface area (Å²) < 4.78 is 54.2. The van der Waals surface area contributed by atoms with E-state index >= 15 is 0 Å². The molecule has 0 aliphatic carbocycles. The van der Waals surface area contributed by atoms with Crippen molar-refractivity contribution in [3.63, 3.8) is 0 Å². The number of nitrogen functional groups attached to an aromatic ring is 1. The molecule has 0 saturated heterocycles. The van der Waals surface area contributed by atoms with Crippen molar-refractivity contribution in [2.75, 3.05) is 11.1 Å². The molecule has 0 amide bonds. The Morgan fingerprint density at radius 3 is 2.41 bits per heavy atom. The average molecular weight is 447 g/mol. The third-order valence-electron chi connectivity index (χ3n) is 4.56. The Hall–Kier alpha value is -4.29. The summed E-state index contributed by atoms with van der Waals surface area (Å²) in [6, 6.07) is 7.89. The van der Waals surface area contributed by atoms with E-state index in [2.05, 4.69) is 20.3 Å². The summed E-state index contributed by atoms with van der Waals surface area (Å²) in [6.07, 6.45) is -4.51. The monoisotopic (exact) mass is 447 g/mol. The van der Waals surface area contributed by atoms with Crippen LogP contribution < -0.4 is 11.1 Å². The van der Waals surface area contributed by atoms with E-state index in [0.717, 1.165) is 24.3 Å². The summed E-state index contributed by atoms with van der Waals surface area (Å²) >= 11 is 0. The van der Waals surface area contributed by atoms with Gasteiger partial charge in [-0.25, -0.2) is 4.98 Å². The fourth-order valence-electron chi connectivity index (χ4n) is 3.06. The first-order chi connectivity index (χ1) is 15.0. The van der Waals surface area contributed by atoms with Gasteiger partial charge in [0.05, 0.1) is 21.5 Å². The zero-order valence-corrected chi connectivity index (χ0v) is 16.2. The number of halogens is 4. The van der Waals surface area contributed by atoms with E-state index in [-0.39, 0.29) is 23.1 Å². The molecular weight excluding hydrogens is 434 g/mol. The van der Waals surface area contributed by atoms with Gasteiger partial charge in [-0.1, -0.05) is 0 Å². The Labute approximate surface area is 176 Å². The number of aryl methyl sites for hydroxylation is 1. The number of hydrogen-bond acceptors (Lipinski definition) is 7. The van der Waals surface area contributed by atoms with Gasteiger partial charge in [0.2, 0.25) is 11.8 Å². The van der Waals surface area contributed by atoms with Crippen molar-refractivity contribution in [1.82, 2.24) is 19.5 Å². The first-order valence-corrected chi connectivity index (χ1v) is 8.96. The molecule has 9 nitrogen and oxygen atoms in total. The highest BCUT2D eigenvalue weighted by atomic mass is 19.4. The van der Waals surface area contributed by atoms with Gasteiger partial charge >= 0.3 is 6.18 Å². The number of rotatable bonds is 4. The van der Waals surface area contributed by atoms with Crippen molar-refractivity contribution in [2.24, 2.45) is 0 Å². The Bertz CT molecular complexity index is 1350. The van der Waals surface area contributed by atoms with E-state index in [1.165, 1.54) is 22.8 Å². The van der Waals surface area contributed by atoms with Gasteiger partial charge < -0.3 is 11.1 Å². The van der Waals surface area contributed by atoms with Crippen LogP contribution in [0.25, 0.3) is 17.0 Å². The molecule has 0 unspecified atom stereocenters. The number of fused-ring (bicyclic) bond motifs is 1. The maximum absolute atomic E-state index is 14.6. The van der Waals surface area contributed by atoms with Gasteiger partial charge in [-0.05, 0) is 37.3 Å². The third-order valence-corrected chi connectivity index (χ3v) is 4.56. The van der Waals surface area contributed by atoms with Crippen LogP contribution in [-0.2, 0) is 6.18 Å². The predicted molar refractivity (Wildman–Crippen MR) is 107 cm³/mol. The van der Waals surface area contributed by atoms with Crippen LogP contribution in [0.1, 0.15) is 11.4 Å². The van der Waals surface area contributed by atoms with Crippen LogP contribution in [-0.4, -0.2) is 24.4 Å². The minimum Gasteiger partial charge on any atom is -0.381 e. The largest absolute Gasteiger partial charge is 0.416 e. The normalized spacial score (nSPS) is 11.7. The molecule has 0 bridgehead atoms. The van der Waals surface area contributed by atoms with E-state index in [9.17, 15) is 27.7 Å². The van der Waals surface area contributed by atoms with Crippen molar-refractivity contribution < 1.29 is 22.5 Å². The number of nitrogens with two attached hydrogens (primary N) is 1. The highest BCUT2D eigenvalue weighted by molar-refractivity contribution is 5.80. The fourth-order valence-corrected chi connectivity index (χ4v) is 3.06. The Morgan fingerprint density at radius 2 is 1.78 bits per heavy atom. The standard InChI is InChI=1S/C19H13F4N7O2/c1-9-25-13-7-6-12(30(31)32)8-14(13)29(9)18-27-16(24)15(20)17(28-18)26-11-4-2-10(3-5-11)19(21,22)23/h2-8H,1H3,(H3,24,26,27,28). The molecule has 0 saturated carbocycles. The number of benzene rings is 2. The van der Waals surface area contributed by atoms with Crippen LogP contribution in [0.2, 0.25) is 0 Å². The highest BCUT2D eigenvalue weighted by Gasteiger charge is 2.30. The molecule has 164 valence electrons. The first-order valence-electron chi connectivity index (χ1n) is 8.96. The summed E-state index contributed by atoms with van der Waals surface area (Å²) in [4.78, 5) is 22.8. The number of non-ortho nitro benzene ring substituents is 1. The second-order valence-electron chi connectivity index (χ2n) is 6.70. The third kappa shape index (κ3) is 3.75. The van der Waals surface area contributed by atoms with E-state index in [1.807, 2.05) is 0 Å². The molecule has 2 aromatic heterocycles. The Balaban J connectivity index is 1.79. The summed E-state index contributed by atoms with van der Waals surface area (Å²) in [6.45, 7) is 1.59. The molecule has 0 atom stereocenters. The van der Waals surface area contributed by atoms with Gasteiger partial charge in [0, 0.05) is 17.8 Å². The minimum absolute atomic E-state index is 0.126. The molecule has 0 fully saturated rings. The average Bonchev–Trinajstić information content (AvgIpc) is 3.05. The molecule has 32 heavy (non-hydrogen) atoms. The first kappa shape index (κ1) is 21.0. The number of alkyl halides is 3. The molecule has 3 N–H and O–H groups in total. The molecule has 4 rings (SSSR count). The quantitative estimate of drug-likeness (QED) is 0.268. The lowest BCUT2D eigenvalue weighted by Gasteiger charge is -2.12. The number of anilines is 3. The van der Waals surface area contributed by atoms with Crippen LogP contribution in [0.4, 0.5) is 40.6 Å². The van der Waals surface area contributed by atoms with E-state index in [0.29, 0.717) is 16.9 Å². The lowest BCUT2D eigenvalue weighted by molar-refractivity contribution is -0.384. The Morgan fingerprint density at radius 1 is 1.09 bits per heavy atom. The predicted octanol–water partition coefficient (Wildman–Crippen LogP) is 4.52. The van der Waals surface area contributed by atoms with E-state index < -0.39 is 28.3 Å². The van der Waals surface area contributed by atoms with Crippen LogP contribution in [0.3, 0.4) is 0 Å². The molecule has 2 aromatic carbocycles. The van der Waals surface area contributed by atoms with Crippen LogP contribution in [0.15, 0.2) is 42.5 Å². The summed E-state index contributed by atoms with van der Waals surface area (Å²) in [5.74, 6) is -1.71. The summed E-state index contributed by atoms with van der Waals surface area (Å²) in [5, 5.41) is 13.7. The van der Waals surface area contributed by atoms with Crippen molar-refractivity contribution in [3.8, 4) is 5.95 Å². The second-order valence-corrected chi connectivity index (χ2v) is 6.70. The van der Waals surface area contributed by atoms with Crippen molar-refractivity contribution in [1.29, 1.82) is 0 Å². The van der Waals surface area contributed by atoms with Gasteiger partial charge in [0.25, 0.3) is 5.69 Å². The maximum Gasteiger partial charge on any atom is 0.416 e. The van der Waals surface area contributed by atoms with Crippen LogP contribution >= 0.6 is 0 Å². The molecule has 2 heterocycles. The topological polar surface area (TPSA) is 125 Å². The van der Waals surface area contributed by atoms with E-state index in [4.69, 9.17) is 5.73 Å². The second kappa shape index (κ2) is 7.44. The lowest BCUT2D eigenvalue weighted by atomic mass is 10.2. The van der Waals surface area contributed by atoms with Crippen molar-refractivity contribution >= 4 is 34.0 Å². The molecule has 13 heteroatoms. The molecule has 0 aliphatic heterocycles. The maximum atomic E-state index is 14.6. The van der Waals surface area contributed by atoms with Gasteiger partial charge in [-0.15, -0.1) is 0 Å². The van der Waals surface area contributed by atoms with Gasteiger partial charge in [-0.2, -0.15) is 27.5 Å². The molecule has 0 spiro atoms. The summed E-state index contributed by atoms with van der Waals surface area (Å²) in [7, 11) is 0. The lowest BCUT2D eigenvalue weighted by Crippen LogP contribution is -2.11. The fraction of sp³-hybridized carbons (Fsp3) is 0.105. The number of aromatic nitrogens is 4. The minimum atomic E-state index is -4.51. The number of hydrogen-bond donors (Lipinski definition) is 2. The number of nitro benzene ring substituents is 1. The zero-order chi connectivity index (χ0) is 23.2. The van der Waals surface area contributed by atoms with E-state index in [1.54, 1.807) is 6.92 Å². The number of nitro groups is 1. The van der Waals surface area contributed by atoms with Crippen molar-refractivity contribution in [3.05, 3.63) is 69.8 Å².